The molecule has 0 bridgehead atoms. The quantitative estimate of drug-likeness (QED) is 0.689. The van der Waals surface area contributed by atoms with Crippen molar-refractivity contribution >= 4 is 22.0 Å². The zero-order valence-electron chi connectivity index (χ0n) is 15.6. The summed E-state index contributed by atoms with van der Waals surface area (Å²) < 4.78 is 29.6. The van der Waals surface area contributed by atoms with Crippen LogP contribution < -0.4 is 5.32 Å². The molecule has 2 aromatic carbocycles. The number of alkyl carbamates (subject to hydrolysis) is 1. The Morgan fingerprint density at radius 2 is 1.85 bits per heavy atom. The number of rotatable bonds is 8. The molecule has 0 saturated heterocycles. The third-order valence-corrected chi connectivity index (χ3v) is 6.06. The van der Waals surface area contributed by atoms with Crippen LogP contribution in [0.2, 0.25) is 0 Å². The summed E-state index contributed by atoms with van der Waals surface area (Å²) >= 11 is 0. The minimum absolute atomic E-state index is 0.236. The van der Waals surface area contributed by atoms with Gasteiger partial charge in [0, 0.05) is 6.54 Å². The van der Waals surface area contributed by atoms with E-state index in [9.17, 15) is 13.2 Å². The minimum Gasteiger partial charge on any atom is -0.445 e. The molecule has 0 aliphatic carbocycles. The SMILES string of the molecule is CC(C)S(=O)(=O)c1cccc(C=CCCNC(=O)OCc2ccccc2)c1. The van der Waals surface area contributed by atoms with E-state index in [0.717, 1.165) is 11.1 Å². The third kappa shape index (κ3) is 6.57. The molecule has 5 nitrogen and oxygen atoms in total. The maximum absolute atomic E-state index is 12.2. The van der Waals surface area contributed by atoms with E-state index in [1.807, 2.05) is 48.6 Å². The van der Waals surface area contributed by atoms with Crippen molar-refractivity contribution in [2.75, 3.05) is 6.54 Å². The van der Waals surface area contributed by atoms with Crippen molar-refractivity contribution < 1.29 is 17.9 Å². The number of amides is 1. The highest BCUT2D eigenvalue weighted by Crippen LogP contribution is 2.18. The summed E-state index contributed by atoms with van der Waals surface area (Å²) in [5.74, 6) is 0. The van der Waals surface area contributed by atoms with Crippen molar-refractivity contribution in [3.05, 3.63) is 71.8 Å². The molecule has 27 heavy (non-hydrogen) atoms. The van der Waals surface area contributed by atoms with Gasteiger partial charge in [-0.25, -0.2) is 13.2 Å². The van der Waals surface area contributed by atoms with Gasteiger partial charge in [-0.1, -0.05) is 54.6 Å². The lowest BCUT2D eigenvalue weighted by molar-refractivity contribution is 0.140. The van der Waals surface area contributed by atoms with E-state index in [2.05, 4.69) is 5.32 Å². The molecule has 0 saturated carbocycles. The lowest BCUT2D eigenvalue weighted by Gasteiger charge is -2.08. The highest BCUT2D eigenvalue weighted by molar-refractivity contribution is 7.92. The van der Waals surface area contributed by atoms with Crippen molar-refractivity contribution in [2.24, 2.45) is 0 Å². The van der Waals surface area contributed by atoms with Crippen molar-refractivity contribution in [2.45, 2.75) is 37.0 Å². The van der Waals surface area contributed by atoms with Crippen molar-refractivity contribution in [1.82, 2.24) is 5.32 Å². The molecular weight excluding hydrogens is 362 g/mol. The number of carbonyl (C=O) groups excluding carboxylic acids is 1. The molecule has 0 unspecified atom stereocenters. The Bertz CT molecular complexity index is 874. The first-order valence-corrected chi connectivity index (χ1v) is 10.4. The van der Waals surface area contributed by atoms with Gasteiger partial charge < -0.3 is 10.1 Å². The first-order chi connectivity index (χ1) is 12.9. The number of hydrogen-bond acceptors (Lipinski definition) is 4. The van der Waals surface area contributed by atoms with Gasteiger partial charge in [-0.3, -0.25) is 0 Å². The molecule has 0 aliphatic heterocycles. The van der Waals surface area contributed by atoms with Gasteiger partial charge in [-0.2, -0.15) is 0 Å². The zero-order valence-corrected chi connectivity index (χ0v) is 16.4. The summed E-state index contributed by atoms with van der Waals surface area (Å²) in [6.07, 6.45) is 3.88. The van der Waals surface area contributed by atoms with E-state index in [1.54, 1.807) is 32.0 Å². The summed E-state index contributed by atoms with van der Waals surface area (Å²) in [5, 5.41) is 2.23. The fraction of sp³-hybridized carbons (Fsp3) is 0.286. The molecule has 0 aromatic heterocycles. The molecule has 1 amide bonds. The second kappa shape index (κ2) is 9.92. The Morgan fingerprint density at radius 1 is 1.11 bits per heavy atom. The van der Waals surface area contributed by atoms with Crippen LogP contribution >= 0.6 is 0 Å². The maximum Gasteiger partial charge on any atom is 0.407 e. The highest BCUT2D eigenvalue weighted by Gasteiger charge is 2.18. The molecule has 0 radical (unpaired) electrons. The summed E-state index contributed by atoms with van der Waals surface area (Å²) in [7, 11) is -3.28. The number of benzene rings is 2. The van der Waals surface area contributed by atoms with Crippen LogP contribution in [0.3, 0.4) is 0 Å². The molecule has 144 valence electrons. The third-order valence-electron chi connectivity index (χ3n) is 3.91. The number of ether oxygens (including phenoxy) is 1. The molecule has 1 N–H and O–H groups in total. The smallest absolute Gasteiger partial charge is 0.407 e. The van der Waals surface area contributed by atoms with Crippen LogP contribution in [0.15, 0.2) is 65.6 Å². The Labute approximate surface area is 161 Å². The van der Waals surface area contributed by atoms with Crippen molar-refractivity contribution in [3.63, 3.8) is 0 Å². The van der Waals surface area contributed by atoms with Gasteiger partial charge in [0.2, 0.25) is 0 Å². The zero-order chi connectivity index (χ0) is 19.7. The predicted octanol–water partition coefficient (Wildman–Crippen LogP) is 4.20. The number of carbonyl (C=O) groups is 1. The van der Waals surface area contributed by atoms with Crippen LogP contribution in [0.25, 0.3) is 6.08 Å². The van der Waals surface area contributed by atoms with E-state index >= 15 is 0 Å². The van der Waals surface area contributed by atoms with Crippen LogP contribution in [0.4, 0.5) is 4.79 Å². The normalized spacial score (nSPS) is 11.7. The highest BCUT2D eigenvalue weighted by atomic mass is 32.2. The van der Waals surface area contributed by atoms with Gasteiger partial charge in [0.1, 0.15) is 6.61 Å². The average Bonchev–Trinajstić information content (AvgIpc) is 2.67. The molecular formula is C21H25NO4S. The number of sulfone groups is 1. The monoisotopic (exact) mass is 387 g/mol. The molecule has 0 atom stereocenters. The molecule has 0 aliphatic rings. The van der Waals surface area contributed by atoms with Gasteiger partial charge in [0.15, 0.2) is 9.84 Å². The first-order valence-electron chi connectivity index (χ1n) is 8.84. The Hall–Kier alpha value is -2.60. The number of nitrogens with one attached hydrogen (secondary N) is 1. The van der Waals surface area contributed by atoms with Gasteiger partial charge >= 0.3 is 6.09 Å². The average molecular weight is 388 g/mol. The number of hydrogen-bond donors (Lipinski definition) is 1. The molecule has 0 spiro atoms. The van der Waals surface area contributed by atoms with E-state index in [1.165, 1.54) is 0 Å². The molecule has 0 heterocycles. The molecule has 6 heteroatoms. The van der Waals surface area contributed by atoms with Crippen LogP contribution in [-0.2, 0) is 21.2 Å². The van der Waals surface area contributed by atoms with Crippen molar-refractivity contribution in [3.8, 4) is 0 Å². The van der Waals surface area contributed by atoms with Gasteiger partial charge in [-0.05, 0) is 43.5 Å². The van der Waals surface area contributed by atoms with E-state index in [0.29, 0.717) is 17.9 Å². The van der Waals surface area contributed by atoms with Crippen LogP contribution in [0, 0.1) is 0 Å². The van der Waals surface area contributed by atoms with Crippen LogP contribution in [-0.4, -0.2) is 26.3 Å². The molecule has 2 aromatic rings. The molecule has 2 rings (SSSR count). The fourth-order valence-corrected chi connectivity index (χ4v) is 3.43. The topological polar surface area (TPSA) is 72.5 Å². The Kier molecular flexibility index (Phi) is 7.61. The predicted molar refractivity (Wildman–Crippen MR) is 107 cm³/mol. The van der Waals surface area contributed by atoms with Crippen molar-refractivity contribution in [1.29, 1.82) is 0 Å². The lowest BCUT2D eigenvalue weighted by Crippen LogP contribution is -2.24. The fourth-order valence-electron chi connectivity index (χ4n) is 2.32. The molecule has 0 fully saturated rings. The van der Waals surface area contributed by atoms with E-state index in [4.69, 9.17) is 4.74 Å². The second-order valence-electron chi connectivity index (χ2n) is 6.35. The minimum atomic E-state index is -3.28. The largest absolute Gasteiger partial charge is 0.445 e. The first kappa shape index (κ1) is 20.7. The maximum atomic E-state index is 12.2. The standard InChI is InChI=1S/C21H25NO4S/c1-17(2)27(24,25)20-13-8-12-18(15-20)9-6-7-14-22-21(23)26-16-19-10-4-3-5-11-19/h3-6,8-13,15,17H,7,14,16H2,1-2H3,(H,22,23). The van der Waals surface area contributed by atoms with E-state index < -0.39 is 21.2 Å². The summed E-state index contributed by atoms with van der Waals surface area (Å²) in [4.78, 5) is 12.0. The van der Waals surface area contributed by atoms with Gasteiger partial charge in [0.05, 0.1) is 10.1 Å². The Balaban J connectivity index is 1.77. The van der Waals surface area contributed by atoms with Gasteiger partial charge in [-0.15, -0.1) is 0 Å². The summed E-state index contributed by atoms with van der Waals surface area (Å²) in [5.41, 5.74) is 1.74. The summed E-state index contributed by atoms with van der Waals surface area (Å²) in [6.45, 7) is 4.01. The van der Waals surface area contributed by atoms with Crippen LogP contribution in [0.5, 0.6) is 0 Å². The Morgan fingerprint density at radius 3 is 2.56 bits per heavy atom. The van der Waals surface area contributed by atoms with Crippen LogP contribution in [0.1, 0.15) is 31.4 Å². The lowest BCUT2D eigenvalue weighted by atomic mass is 10.2. The van der Waals surface area contributed by atoms with Gasteiger partial charge in [0.25, 0.3) is 0 Å². The second-order valence-corrected chi connectivity index (χ2v) is 8.85. The van der Waals surface area contributed by atoms with E-state index in [-0.39, 0.29) is 6.61 Å². The summed E-state index contributed by atoms with van der Waals surface area (Å²) in [6, 6.07) is 16.3.